The number of nitrogens with one attached hydrogen (secondary N) is 2. The summed E-state index contributed by atoms with van der Waals surface area (Å²) >= 11 is 1.56. The quantitative estimate of drug-likeness (QED) is 0.206. The van der Waals surface area contributed by atoms with Gasteiger partial charge in [-0.1, -0.05) is 42.5 Å². The van der Waals surface area contributed by atoms with Crippen molar-refractivity contribution in [2.24, 2.45) is 5.73 Å². The Labute approximate surface area is 268 Å². The Morgan fingerprint density at radius 2 is 1.73 bits per heavy atom. The summed E-state index contributed by atoms with van der Waals surface area (Å²) in [5.41, 5.74) is 7.60. The highest BCUT2D eigenvalue weighted by Gasteiger charge is 2.42. The molecule has 1 saturated heterocycles. The van der Waals surface area contributed by atoms with Crippen LogP contribution in [0, 0.1) is 0 Å². The van der Waals surface area contributed by atoms with Gasteiger partial charge in [0.2, 0.25) is 23.6 Å². The van der Waals surface area contributed by atoms with E-state index in [-0.39, 0.29) is 50.7 Å². The number of rotatable bonds is 15. The maximum atomic E-state index is 13.9. The largest absolute Gasteiger partial charge is 0.508 e. The molecule has 45 heavy (non-hydrogen) atoms. The molecule has 0 aromatic heterocycles. The Morgan fingerprint density at radius 3 is 2.38 bits per heavy atom. The predicted molar refractivity (Wildman–Crippen MR) is 171 cm³/mol. The van der Waals surface area contributed by atoms with E-state index in [1.54, 1.807) is 30.8 Å². The van der Waals surface area contributed by atoms with E-state index in [0.29, 0.717) is 12.2 Å². The first kappa shape index (κ1) is 35.4. The van der Waals surface area contributed by atoms with Crippen LogP contribution in [-0.2, 0) is 41.6 Å². The van der Waals surface area contributed by atoms with E-state index in [1.807, 2.05) is 36.6 Å². The van der Waals surface area contributed by atoms with Gasteiger partial charge in [0.05, 0.1) is 19.2 Å². The molecule has 5 N–H and O–H groups in total. The monoisotopic (exact) mass is 641 g/mol. The number of carbonyl (C=O) groups is 5. The Bertz CT molecular complexity index is 1310. The summed E-state index contributed by atoms with van der Waals surface area (Å²) in [5, 5.41) is 14.6. The minimum Gasteiger partial charge on any atom is -0.508 e. The molecule has 3 rings (SSSR count). The smallest absolute Gasteiger partial charge is 0.328 e. The van der Waals surface area contributed by atoms with Crippen molar-refractivity contribution in [1.82, 2.24) is 20.4 Å². The van der Waals surface area contributed by atoms with Crippen LogP contribution in [-0.4, -0.2) is 107 Å². The molecule has 0 bridgehead atoms. The van der Waals surface area contributed by atoms with E-state index in [4.69, 9.17) is 10.5 Å². The van der Waals surface area contributed by atoms with E-state index in [9.17, 15) is 29.1 Å². The number of nitrogens with zero attached hydrogens (tertiary/aromatic N) is 2. The van der Waals surface area contributed by atoms with Gasteiger partial charge in [0.25, 0.3) is 0 Å². The van der Waals surface area contributed by atoms with Crippen LogP contribution in [0.15, 0.2) is 54.6 Å². The summed E-state index contributed by atoms with van der Waals surface area (Å²) in [7, 11) is 0. The van der Waals surface area contributed by atoms with Crippen molar-refractivity contribution >= 4 is 41.4 Å². The molecule has 12 nitrogen and oxygen atoms in total. The topological polar surface area (TPSA) is 171 Å². The van der Waals surface area contributed by atoms with E-state index in [2.05, 4.69) is 10.6 Å². The molecule has 0 unspecified atom stereocenters. The molecule has 244 valence electrons. The zero-order valence-corrected chi connectivity index (χ0v) is 26.8. The molecule has 0 aliphatic carbocycles. The van der Waals surface area contributed by atoms with Crippen LogP contribution < -0.4 is 16.4 Å². The summed E-state index contributed by atoms with van der Waals surface area (Å²) in [6.45, 7) is 3.32. The molecule has 13 heteroatoms. The summed E-state index contributed by atoms with van der Waals surface area (Å²) < 4.78 is 5.28. The number of aromatic hydroxyl groups is 1. The molecule has 4 atom stereocenters. The molecular formula is C32H43N5O7S. The van der Waals surface area contributed by atoms with Gasteiger partial charge >= 0.3 is 5.97 Å². The van der Waals surface area contributed by atoms with Crippen molar-refractivity contribution < 1.29 is 33.8 Å². The Morgan fingerprint density at radius 1 is 1.04 bits per heavy atom. The highest BCUT2D eigenvalue weighted by molar-refractivity contribution is 7.98. The Hall–Kier alpha value is -4.10. The van der Waals surface area contributed by atoms with Gasteiger partial charge in [-0.15, -0.1) is 0 Å². The van der Waals surface area contributed by atoms with Crippen molar-refractivity contribution in [2.45, 2.75) is 57.3 Å². The third kappa shape index (κ3) is 10.2. The third-order valence-electron chi connectivity index (χ3n) is 7.54. The van der Waals surface area contributed by atoms with Crippen LogP contribution in [0.1, 0.15) is 31.4 Å². The highest BCUT2D eigenvalue weighted by Crippen LogP contribution is 2.22. The van der Waals surface area contributed by atoms with Gasteiger partial charge in [-0.25, -0.2) is 4.79 Å². The van der Waals surface area contributed by atoms with Gasteiger partial charge in [-0.05, 0) is 62.0 Å². The first-order chi connectivity index (χ1) is 21.5. The predicted octanol–water partition coefficient (Wildman–Crippen LogP) is 0.850. The lowest BCUT2D eigenvalue weighted by molar-refractivity contribution is -0.162. The van der Waals surface area contributed by atoms with Gasteiger partial charge < -0.3 is 36.0 Å². The van der Waals surface area contributed by atoms with Crippen LogP contribution >= 0.6 is 11.8 Å². The van der Waals surface area contributed by atoms with Gasteiger partial charge in [0, 0.05) is 19.5 Å². The van der Waals surface area contributed by atoms with E-state index < -0.39 is 47.9 Å². The Kier molecular flexibility index (Phi) is 13.7. The number of carbonyl (C=O) groups excluding carboxylic acids is 5. The molecule has 0 spiro atoms. The minimum absolute atomic E-state index is 0.0984. The second-order valence-electron chi connectivity index (χ2n) is 10.8. The van der Waals surface area contributed by atoms with Gasteiger partial charge in [-0.3, -0.25) is 19.2 Å². The summed E-state index contributed by atoms with van der Waals surface area (Å²) in [6.07, 6.45) is 2.79. The van der Waals surface area contributed by atoms with Crippen LogP contribution in [0.4, 0.5) is 0 Å². The molecule has 1 aliphatic rings. The molecular weight excluding hydrogens is 598 g/mol. The number of phenols is 1. The average molecular weight is 642 g/mol. The van der Waals surface area contributed by atoms with Crippen LogP contribution in [0.2, 0.25) is 0 Å². The number of ether oxygens (including phenoxy) is 1. The SMILES string of the molecule is CCOC(=O)[C@H](CCSC)N1CCN(C(=O)CNC(=O)[C@@H](C)NC(=O)[C@@H](N)Cc2ccc(O)cc2)[C@H](Cc2ccccc2)C1=O. The maximum absolute atomic E-state index is 13.9. The minimum atomic E-state index is -0.975. The zero-order chi connectivity index (χ0) is 32.9. The van der Waals surface area contributed by atoms with Crippen LogP contribution in [0.5, 0.6) is 5.75 Å². The number of amides is 4. The fraction of sp³-hybridized carbons (Fsp3) is 0.469. The maximum Gasteiger partial charge on any atom is 0.328 e. The highest BCUT2D eigenvalue weighted by atomic mass is 32.2. The standard InChI is InChI=1S/C32H43N5O7S/c1-4-44-32(43)26(14-17-45-3)37-16-15-36(27(31(37)42)19-22-8-6-5-7-9-22)28(39)20-34-29(40)21(2)35-30(41)25(33)18-23-10-12-24(38)13-11-23/h5-13,21,25-27,38H,4,14-20,33H2,1-3H3,(H,34,40)(H,35,41)/t21-,25+,26+,27-/m1/s1. The number of hydrogen-bond donors (Lipinski definition) is 4. The zero-order valence-electron chi connectivity index (χ0n) is 25.9. The van der Waals surface area contributed by atoms with Crippen LogP contribution in [0.3, 0.4) is 0 Å². The number of thioether (sulfide) groups is 1. The molecule has 0 saturated carbocycles. The van der Waals surface area contributed by atoms with Gasteiger partial charge in [0.15, 0.2) is 0 Å². The lowest BCUT2D eigenvalue weighted by atomic mass is 9.99. The number of esters is 1. The van der Waals surface area contributed by atoms with Gasteiger partial charge in [0.1, 0.15) is 23.9 Å². The average Bonchev–Trinajstić information content (AvgIpc) is 3.03. The van der Waals surface area contributed by atoms with Crippen molar-refractivity contribution in [3.05, 3.63) is 65.7 Å². The number of nitrogens with two attached hydrogens (primary N) is 1. The first-order valence-electron chi connectivity index (χ1n) is 15.0. The summed E-state index contributed by atoms with van der Waals surface area (Å²) in [5.74, 6) is -1.66. The molecule has 1 heterocycles. The number of phenolic OH excluding ortho intramolecular Hbond substituents is 1. The van der Waals surface area contributed by atoms with E-state index in [1.165, 1.54) is 28.9 Å². The summed E-state index contributed by atoms with van der Waals surface area (Å²) in [6, 6.07) is 12.0. The van der Waals surface area contributed by atoms with Crippen molar-refractivity contribution in [1.29, 1.82) is 0 Å². The number of benzene rings is 2. The van der Waals surface area contributed by atoms with E-state index >= 15 is 0 Å². The molecule has 1 aliphatic heterocycles. The van der Waals surface area contributed by atoms with E-state index in [0.717, 1.165) is 11.1 Å². The normalized spacial score (nSPS) is 16.8. The number of piperazine rings is 1. The molecule has 2 aromatic rings. The Balaban J connectivity index is 1.65. The third-order valence-corrected chi connectivity index (χ3v) is 8.19. The molecule has 0 radical (unpaired) electrons. The van der Waals surface area contributed by atoms with Crippen molar-refractivity contribution in [3.8, 4) is 5.75 Å². The number of hydrogen-bond acceptors (Lipinski definition) is 9. The van der Waals surface area contributed by atoms with Crippen molar-refractivity contribution in [3.63, 3.8) is 0 Å². The molecule has 2 aromatic carbocycles. The molecule has 1 fully saturated rings. The molecule has 4 amide bonds. The first-order valence-corrected chi connectivity index (χ1v) is 16.4. The van der Waals surface area contributed by atoms with Crippen molar-refractivity contribution in [2.75, 3.05) is 38.2 Å². The summed E-state index contributed by atoms with van der Waals surface area (Å²) in [4.78, 5) is 68.5. The fourth-order valence-corrected chi connectivity index (χ4v) is 5.56. The lowest BCUT2D eigenvalue weighted by Gasteiger charge is -2.43. The lowest BCUT2D eigenvalue weighted by Crippen LogP contribution is -2.64. The fourth-order valence-electron chi connectivity index (χ4n) is 5.10. The van der Waals surface area contributed by atoms with Gasteiger partial charge in [-0.2, -0.15) is 11.8 Å². The second-order valence-corrected chi connectivity index (χ2v) is 11.8. The second kappa shape index (κ2) is 17.4. The van der Waals surface area contributed by atoms with Crippen LogP contribution in [0.25, 0.3) is 0 Å².